The monoisotopic (exact) mass is 184 g/mol. The second-order valence-corrected chi connectivity index (χ2v) is 4.07. The van der Waals surface area contributed by atoms with Crippen LogP contribution in [-0.2, 0) is 14.3 Å². The van der Waals surface area contributed by atoms with Gasteiger partial charge in [-0.2, -0.15) is 0 Å². The molecule has 0 radical (unpaired) electrons. The van der Waals surface area contributed by atoms with Gasteiger partial charge in [0.2, 0.25) is 0 Å². The predicted molar refractivity (Wildman–Crippen MR) is 47.2 cm³/mol. The molecule has 1 aliphatic carbocycles. The third-order valence-corrected chi connectivity index (χ3v) is 3.04. The van der Waals surface area contributed by atoms with Crippen molar-refractivity contribution in [3.8, 4) is 0 Å². The fourth-order valence-electron chi connectivity index (χ4n) is 1.60. The van der Waals surface area contributed by atoms with Gasteiger partial charge >= 0.3 is 5.97 Å². The van der Waals surface area contributed by atoms with Crippen LogP contribution in [0.5, 0.6) is 0 Å². The van der Waals surface area contributed by atoms with E-state index in [4.69, 9.17) is 9.47 Å². The van der Waals surface area contributed by atoms with E-state index in [1.807, 2.05) is 6.92 Å². The van der Waals surface area contributed by atoms with Crippen LogP contribution >= 0.6 is 0 Å². The fourth-order valence-corrected chi connectivity index (χ4v) is 1.60. The Labute approximate surface area is 78.4 Å². The van der Waals surface area contributed by atoms with Gasteiger partial charge in [-0.05, 0) is 18.8 Å². The molecule has 0 bridgehead atoms. The maximum atomic E-state index is 11.4. The molecule has 1 saturated heterocycles. The first kappa shape index (κ1) is 9.00. The molecular weight excluding hydrogens is 168 g/mol. The van der Waals surface area contributed by atoms with Crippen LogP contribution in [0.15, 0.2) is 0 Å². The maximum absolute atomic E-state index is 11.4. The minimum absolute atomic E-state index is 0.0415. The lowest BCUT2D eigenvalue weighted by Crippen LogP contribution is -2.28. The number of carbonyl (C=O) groups is 1. The number of carbonyl (C=O) groups excluding carboxylic acids is 1. The molecule has 2 fully saturated rings. The smallest absolute Gasteiger partial charge is 0.309 e. The van der Waals surface area contributed by atoms with E-state index in [0.29, 0.717) is 12.5 Å². The molecular formula is C10H16O3. The largest absolute Gasteiger partial charge is 0.463 e. The van der Waals surface area contributed by atoms with Crippen LogP contribution in [0.2, 0.25) is 0 Å². The van der Waals surface area contributed by atoms with Crippen molar-refractivity contribution in [1.82, 2.24) is 0 Å². The van der Waals surface area contributed by atoms with Gasteiger partial charge in [-0.1, -0.05) is 13.3 Å². The quantitative estimate of drug-likeness (QED) is 0.489. The molecule has 1 aliphatic heterocycles. The van der Waals surface area contributed by atoms with Crippen LogP contribution in [0.3, 0.4) is 0 Å². The zero-order valence-corrected chi connectivity index (χ0v) is 7.99. The lowest BCUT2D eigenvalue weighted by atomic mass is 9.77. The van der Waals surface area contributed by atoms with Gasteiger partial charge < -0.3 is 9.47 Å². The fraction of sp³-hybridized carbons (Fsp3) is 0.900. The molecule has 13 heavy (non-hydrogen) atoms. The third-order valence-electron chi connectivity index (χ3n) is 3.04. The summed E-state index contributed by atoms with van der Waals surface area (Å²) in [6, 6.07) is 0. The van der Waals surface area contributed by atoms with Crippen LogP contribution in [-0.4, -0.2) is 25.3 Å². The maximum Gasteiger partial charge on any atom is 0.309 e. The van der Waals surface area contributed by atoms with Gasteiger partial charge in [0.15, 0.2) is 0 Å². The predicted octanol–water partition coefficient (Wildman–Crippen LogP) is 1.36. The van der Waals surface area contributed by atoms with E-state index in [1.54, 1.807) is 0 Å². The van der Waals surface area contributed by atoms with Gasteiger partial charge in [0, 0.05) is 0 Å². The van der Waals surface area contributed by atoms with E-state index < -0.39 is 0 Å². The standard InChI is InChI=1S/C10H16O3/c1-7(8-3-2-4-8)10(11)13-6-9-5-12-9/h7-9H,2-6H2,1H3. The van der Waals surface area contributed by atoms with Crippen molar-refractivity contribution in [3.63, 3.8) is 0 Å². The number of hydrogen-bond acceptors (Lipinski definition) is 3. The van der Waals surface area contributed by atoms with E-state index in [-0.39, 0.29) is 18.0 Å². The summed E-state index contributed by atoms with van der Waals surface area (Å²) in [5, 5.41) is 0. The van der Waals surface area contributed by atoms with Crippen molar-refractivity contribution in [3.05, 3.63) is 0 Å². The minimum Gasteiger partial charge on any atom is -0.463 e. The topological polar surface area (TPSA) is 38.8 Å². The van der Waals surface area contributed by atoms with E-state index in [0.717, 1.165) is 6.61 Å². The SMILES string of the molecule is CC(C(=O)OCC1CO1)C1CCC1. The first-order valence-electron chi connectivity index (χ1n) is 5.05. The minimum atomic E-state index is -0.0415. The number of rotatable bonds is 4. The highest BCUT2D eigenvalue weighted by Crippen LogP contribution is 2.33. The van der Waals surface area contributed by atoms with Crippen LogP contribution in [0, 0.1) is 11.8 Å². The second-order valence-electron chi connectivity index (χ2n) is 4.07. The molecule has 1 saturated carbocycles. The van der Waals surface area contributed by atoms with Crippen molar-refractivity contribution in [2.75, 3.05) is 13.2 Å². The van der Waals surface area contributed by atoms with Gasteiger partial charge in [0.1, 0.15) is 12.7 Å². The van der Waals surface area contributed by atoms with E-state index in [2.05, 4.69) is 0 Å². The molecule has 2 rings (SSSR count). The van der Waals surface area contributed by atoms with Gasteiger partial charge in [0.05, 0.1) is 12.5 Å². The molecule has 2 aliphatic rings. The summed E-state index contributed by atoms with van der Waals surface area (Å²) in [7, 11) is 0. The van der Waals surface area contributed by atoms with Gasteiger partial charge in [-0.3, -0.25) is 4.79 Å². The second kappa shape index (κ2) is 3.66. The highest BCUT2D eigenvalue weighted by molar-refractivity contribution is 5.72. The van der Waals surface area contributed by atoms with Crippen LogP contribution < -0.4 is 0 Å². The van der Waals surface area contributed by atoms with Crippen molar-refractivity contribution >= 4 is 5.97 Å². The Hall–Kier alpha value is -0.570. The van der Waals surface area contributed by atoms with E-state index in [9.17, 15) is 4.79 Å². The summed E-state index contributed by atoms with van der Waals surface area (Å²) in [4.78, 5) is 11.4. The molecule has 2 unspecified atom stereocenters. The average Bonchev–Trinajstić information content (AvgIpc) is 2.79. The zero-order valence-electron chi connectivity index (χ0n) is 7.99. The Morgan fingerprint density at radius 3 is 2.77 bits per heavy atom. The summed E-state index contributed by atoms with van der Waals surface area (Å²) < 4.78 is 10.1. The van der Waals surface area contributed by atoms with Crippen molar-refractivity contribution in [2.45, 2.75) is 32.3 Å². The molecule has 0 aromatic carbocycles. The number of epoxide rings is 1. The molecule has 3 heteroatoms. The number of hydrogen-bond donors (Lipinski definition) is 0. The van der Waals surface area contributed by atoms with Gasteiger partial charge in [-0.25, -0.2) is 0 Å². The molecule has 74 valence electrons. The first-order chi connectivity index (χ1) is 6.27. The van der Waals surface area contributed by atoms with Crippen molar-refractivity contribution in [2.24, 2.45) is 11.8 Å². The highest BCUT2D eigenvalue weighted by Gasteiger charge is 2.31. The normalized spacial score (nSPS) is 29.2. The molecule has 3 nitrogen and oxygen atoms in total. The van der Waals surface area contributed by atoms with Gasteiger partial charge in [0.25, 0.3) is 0 Å². The highest BCUT2D eigenvalue weighted by atomic mass is 16.6. The molecule has 0 aromatic rings. The molecule has 0 amide bonds. The summed E-state index contributed by atoms with van der Waals surface area (Å²) in [6.07, 6.45) is 3.85. The first-order valence-corrected chi connectivity index (χ1v) is 5.05. The van der Waals surface area contributed by atoms with E-state index in [1.165, 1.54) is 19.3 Å². The Kier molecular flexibility index (Phi) is 2.54. The summed E-state index contributed by atoms with van der Waals surface area (Å²) in [5.74, 6) is 0.625. The van der Waals surface area contributed by atoms with Crippen molar-refractivity contribution < 1.29 is 14.3 Å². The summed E-state index contributed by atoms with van der Waals surface area (Å²) in [6.45, 7) is 3.18. The zero-order chi connectivity index (χ0) is 9.26. The van der Waals surface area contributed by atoms with Crippen LogP contribution in [0.25, 0.3) is 0 Å². The van der Waals surface area contributed by atoms with Gasteiger partial charge in [-0.15, -0.1) is 0 Å². The number of ether oxygens (including phenoxy) is 2. The van der Waals surface area contributed by atoms with Crippen molar-refractivity contribution in [1.29, 1.82) is 0 Å². The lowest BCUT2D eigenvalue weighted by molar-refractivity contribution is -0.151. The average molecular weight is 184 g/mol. The Bertz CT molecular complexity index is 194. The Morgan fingerprint density at radius 1 is 1.62 bits per heavy atom. The molecule has 0 aromatic heterocycles. The number of esters is 1. The van der Waals surface area contributed by atoms with Crippen LogP contribution in [0.1, 0.15) is 26.2 Å². The molecule has 0 spiro atoms. The Balaban J connectivity index is 1.67. The van der Waals surface area contributed by atoms with Crippen LogP contribution in [0.4, 0.5) is 0 Å². The molecule has 0 N–H and O–H groups in total. The lowest BCUT2D eigenvalue weighted by Gasteiger charge is -2.29. The third kappa shape index (κ3) is 2.21. The molecule has 2 atom stereocenters. The molecule has 1 heterocycles. The summed E-state index contributed by atoms with van der Waals surface area (Å²) in [5.41, 5.74) is 0. The van der Waals surface area contributed by atoms with E-state index >= 15 is 0 Å². The Morgan fingerprint density at radius 2 is 2.31 bits per heavy atom. The summed E-state index contributed by atoms with van der Waals surface area (Å²) >= 11 is 0.